The van der Waals surface area contributed by atoms with Crippen LogP contribution in [0, 0.1) is 0 Å². The molecule has 1 aliphatic carbocycles. The largest absolute Gasteiger partial charge is 0.343 e. The molecule has 5 nitrogen and oxygen atoms in total. The van der Waals surface area contributed by atoms with Gasteiger partial charge in [0.25, 0.3) is 0 Å². The zero-order valence-corrected chi connectivity index (χ0v) is 11.6. The van der Waals surface area contributed by atoms with Gasteiger partial charge < -0.3 is 23.7 Å². The third-order valence-electron chi connectivity index (χ3n) is 3.94. The minimum Gasteiger partial charge on any atom is -0.343 e. The van der Waals surface area contributed by atoms with Gasteiger partial charge in [-0.1, -0.05) is 11.6 Å². The Morgan fingerprint density at radius 3 is 1.72 bits per heavy atom. The van der Waals surface area contributed by atoms with Gasteiger partial charge in [-0.15, -0.1) is 0 Å². The van der Waals surface area contributed by atoms with Crippen LogP contribution in [0.2, 0.25) is 0 Å². The number of hydrogen-bond donors (Lipinski definition) is 0. The maximum absolute atomic E-state index is 6.47. The van der Waals surface area contributed by atoms with E-state index in [0.717, 1.165) is 0 Å². The quantitative estimate of drug-likeness (QED) is 0.494. The Bertz CT molecular complexity index is 411. The van der Waals surface area contributed by atoms with Gasteiger partial charge in [-0.25, -0.2) is 0 Å². The second kappa shape index (κ2) is 3.05. The molecule has 0 unspecified atom stereocenters. The Balaban J connectivity index is 1.71. The van der Waals surface area contributed by atoms with E-state index in [0.29, 0.717) is 0 Å². The molecule has 3 aliphatic heterocycles. The van der Waals surface area contributed by atoms with E-state index < -0.39 is 16.6 Å². The predicted octanol–water partition coefficient (Wildman–Crippen LogP) is 1.37. The lowest BCUT2D eigenvalue weighted by atomic mass is 9.89. The van der Waals surface area contributed by atoms with E-state index in [1.165, 1.54) is 0 Å². The molecule has 102 valence electrons. The molecule has 6 heteroatoms. The topological polar surface area (TPSA) is 49.5 Å². The van der Waals surface area contributed by atoms with Crippen molar-refractivity contribution in [1.29, 1.82) is 0 Å². The molecule has 0 aromatic rings. The molecule has 3 heterocycles. The summed E-state index contributed by atoms with van der Waals surface area (Å²) in [5.74, 6) is -1.30. The Morgan fingerprint density at radius 1 is 0.667 bits per heavy atom. The highest BCUT2D eigenvalue weighted by atomic mass is 35.5. The van der Waals surface area contributed by atoms with Crippen LogP contribution in [-0.4, -0.2) is 47.2 Å². The molecule has 18 heavy (non-hydrogen) atoms. The molecular weight excluding hydrogens is 260 g/mol. The molecule has 4 aliphatic rings. The summed E-state index contributed by atoms with van der Waals surface area (Å²) in [4.78, 5) is 0. The van der Waals surface area contributed by atoms with Crippen molar-refractivity contribution < 1.29 is 23.7 Å². The third kappa shape index (κ3) is 1.40. The van der Waals surface area contributed by atoms with Crippen LogP contribution in [0.3, 0.4) is 0 Å². The summed E-state index contributed by atoms with van der Waals surface area (Å²) >= 11 is 6.47. The maximum Gasteiger partial charge on any atom is 0.199 e. The van der Waals surface area contributed by atoms with Crippen LogP contribution in [0.5, 0.6) is 0 Å². The third-order valence-corrected chi connectivity index (χ3v) is 4.46. The predicted molar refractivity (Wildman–Crippen MR) is 61.1 cm³/mol. The van der Waals surface area contributed by atoms with Gasteiger partial charge in [-0.3, -0.25) is 0 Å². The molecule has 0 aromatic heterocycles. The minimum absolute atomic E-state index is 0.176. The summed E-state index contributed by atoms with van der Waals surface area (Å²) in [6.07, 6.45) is -1.10. The van der Waals surface area contributed by atoms with E-state index in [1.807, 2.05) is 27.7 Å². The molecule has 0 aromatic carbocycles. The SMILES string of the molecule is CC1(C)O[C@H]2[C@@H]3OC(C)(C)O[C@@H]3[C@@]3(Cl)O[C@H]3[C@H]2O1. The number of fused-ring (bicyclic) bond motifs is 6. The molecular formula is C12H17ClO5. The number of hydrogen-bond acceptors (Lipinski definition) is 5. The molecule has 1 saturated carbocycles. The van der Waals surface area contributed by atoms with Crippen LogP contribution < -0.4 is 0 Å². The van der Waals surface area contributed by atoms with Crippen LogP contribution in [-0.2, 0) is 23.7 Å². The molecule has 0 N–H and O–H groups in total. The molecule has 0 bridgehead atoms. The van der Waals surface area contributed by atoms with Crippen molar-refractivity contribution in [1.82, 2.24) is 0 Å². The summed E-state index contributed by atoms with van der Waals surface area (Å²) in [7, 11) is 0. The van der Waals surface area contributed by atoms with Crippen LogP contribution in [0.1, 0.15) is 27.7 Å². The first kappa shape index (κ1) is 11.9. The van der Waals surface area contributed by atoms with Crippen molar-refractivity contribution in [3.63, 3.8) is 0 Å². The minimum atomic E-state index is -0.816. The van der Waals surface area contributed by atoms with Crippen LogP contribution in [0.4, 0.5) is 0 Å². The second-order valence-electron chi connectivity index (χ2n) is 6.32. The highest BCUT2D eigenvalue weighted by Gasteiger charge is 2.78. The lowest BCUT2D eigenvalue weighted by Gasteiger charge is -2.30. The van der Waals surface area contributed by atoms with Crippen molar-refractivity contribution >= 4 is 11.6 Å². The van der Waals surface area contributed by atoms with Crippen molar-refractivity contribution in [2.24, 2.45) is 0 Å². The molecule has 6 atom stereocenters. The first-order valence-corrected chi connectivity index (χ1v) is 6.68. The fraction of sp³-hybridized carbons (Fsp3) is 1.00. The van der Waals surface area contributed by atoms with E-state index >= 15 is 0 Å². The van der Waals surface area contributed by atoms with Gasteiger partial charge in [0.2, 0.25) is 0 Å². The lowest BCUT2D eigenvalue weighted by molar-refractivity contribution is -0.175. The Hall–Kier alpha value is 0.0900. The highest BCUT2D eigenvalue weighted by molar-refractivity contribution is 6.25. The number of epoxide rings is 1. The summed E-state index contributed by atoms with van der Waals surface area (Å²) in [6.45, 7) is 7.52. The molecule has 0 amide bonds. The van der Waals surface area contributed by atoms with E-state index in [9.17, 15) is 0 Å². The Labute approximate surface area is 111 Å². The van der Waals surface area contributed by atoms with Crippen molar-refractivity contribution in [3.05, 3.63) is 0 Å². The van der Waals surface area contributed by atoms with Gasteiger partial charge in [-0.2, -0.15) is 0 Å². The van der Waals surface area contributed by atoms with E-state index in [-0.39, 0.29) is 30.5 Å². The number of halogens is 1. The molecule has 3 saturated heterocycles. The summed E-state index contributed by atoms with van der Waals surface area (Å²) in [5.41, 5.74) is 0. The molecule has 4 rings (SSSR count). The van der Waals surface area contributed by atoms with Crippen molar-refractivity contribution in [2.75, 3.05) is 0 Å². The number of ether oxygens (including phenoxy) is 5. The van der Waals surface area contributed by atoms with Gasteiger partial charge in [0.05, 0.1) is 0 Å². The second-order valence-corrected chi connectivity index (χ2v) is 6.91. The first-order valence-electron chi connectivity index (χ1n) is 6.30. The normalized spacial score (nSPS) is 58.8. The monoisotopic (exact) mass is 276 g/mol. The highest BCUT2D eigenvalue weighted by Crippen LogP contribution is 2.60. The smallest absolute Gasteiger partial charge is 0.199 e. The standard InChI is InChI=1S/C12H17ClO5/c1-10(2)14-5-6-8(17-11(3,4)16-6)12(13)9(18-12)7(5)15-10/h5-9H,1-4H3/t5-,6-,7-,8-,9-,12+/m0/s1. The summed E-state index contributed by atoms with van der Waals surface area (Å²) in [5, 5.41) is -0.816. The van der Waals surface area contributed by atoms with Gasteiger partial charge in [0.1, 0.15) is 30.5 Å². The summed E-state index contributed by atoms with van der Waals surface area (Å²) in [6, 6.07) is 0. The average molecular weight is 277 g/mol. The maximum atomic E-state index is 6.47. The molecule has 4 fully saturated rings. The Morgan fingerprint density at radius 2 is 1.11 bits per heavy atom. The Kier molecular flexibility index (Phi) is 2.01. The van der Waals surface area contributed by atoms with Gasteiger partial charge >= 0.3 is 0 Å². The fourth-order valence-electron chi connectivity index (χ4n) is 3.32. The van der Waals surface area contributed by atoms with Gasteiger partial charge in [0, 0.05) is 0 Å². The van der Waals surface area contributed by atoms with Gasteiger partial charge in [0.15, 0.2) is 16.6 Å². The lowest BCUT2D eigenvalue weighted by Crippen LogP contribution is -2.54. The van der Waals surface area contributed by atoms with Crippen LogP contribution in [0.25, 0.3) is 0 Å². The van der Waals surface area contributed by atoms with Crippen LogP contribution >= 0.6 is 11.6 Å². The van der Waals surface area contributed by atoms with Crippen molar-refractivity contribution in [3.8, 4) is 0 Å². The number of rotatable bonds is 0. The molecule has 0 radical (unpaired) electrons. The van der Waals surface area contributed by atoms with E-state index in [4.69, 9.17) is 35.3 Å². The average Bonchev–Trinajstić information content (AvgIpc) is 2.62. The van der Waals surface area contributed by atoms with E-state index in [2.05, 4.69) is 0 Å². The number of alkyl halides is 1. The summed E-state index contributed by atoms with van der Waals surface area (Å²) < 4.78 is 29.3. The zero-order chi connectivity index (χ0) is 12.9. The first-order chi connectivity index (χ1) is 8.22. The fourth-order valence-corrected chi connectivity index (χ4v) is 3.71. The van der Waals surface area contributed by atoms with Crippen molar-refractivity contribution in [2.45, 2.75) is 74.8 Å². The zero-order valence-electron chi connectivity index (χ0n) is 10.8. The van der Waals surface area contributed by atoms with E-state index in [1.54, 1.807) is 0 Å². The van der Waals surface area contributed by atoms with Gasteiger partial charge in [-0.05, 0) is 27.7 Å². The molecule has 0 spiro atoms. The van der Waals surface area contributed by atoms with Crippen LogP contribution in [0.15, 0.2) is 0 Å².